The van der Waals surface area contributed by atoms with E-state index in [-0.39, 0.29) is 42.5 Å². The summed E-state index contributed by atoms with van der Waals surface area (Å²) in [4.78, 5) is 19.0. The third-order valence-corrected chi connectivity index (χ3v) is 5.89. The lowest BCUT2D eigenvalue weighted by Crippen LogP contribution is -2.45. The van der Waals surface area contributed by atoms with Gasteiger partial charge in [-0.1, -0.05) is 30.3 Å². The van der Waals surface area contributed by atoms with Gasteiger partial charge >= 0.3 is 0 Å². The maximum absolute atomic E-state index is 12.9. The molecule has 33 heavy (non-hydrogen) atoms. The van der Waals surface area contributed by atoms with E-state index in [1.54, 1.807) is 7.05 Å². The summed E-state index contributed by atoms with van der Waals surface area (Å²) in [6.45, 7) is 4.91. The van der Waals surface area contributed by atoms with Gasteiger partial charge in [-0.2, -0.15) is 0 Å². The zero-order chi connectivity index (χ0) is 22.3. The van der Waals surface area contributed by atoms with Crippen LogP contribution in [0, 0.1) is 6.92 Å². The number of benzene rings is 2. The molecule has 2 aromatic rings. The fourth-order valence-electron chi connectivity index (χ4n) is 4.15. The Balaban J connectivity index is 0.00000306. The number of fused-ring (bicyclic) bond motifs is 1. The first-order valence-electron chi connectivity index (χ1n) is 11.3. The number of nitrogens with zero attached hydrogens (tertiary/aromatic N) is 2. The zero-order valence-corrected chi connectivity index (χ0v) is 21.6. The second kappa shape index (κ2) is 12.2. The van der Waals surface area contributed by atoms with E-state index < -0.39 is 0 Å². The van der Waals surface area contributed by atoms with Crippen LogP contribution in [0.5, 0.6) is 5.75 Å². The van der Waals surface area contributed by atoms with Crippen molar-refractivity contribution in [1.29, 1.82) is 0 Å². The molecule has 2 heterocycles. The highest BCUT2D eigenvalue weighted by Crippen LogP contribution is 2.26. The molecule has 7 nitrogen and oxygen atoms in total. The molecule has 2 aliphatic heterocycles. The number of carbonyl (C=O) groups excluding carboxylic acids is 1. The molecule has 178 valence electrons. The van der Waals surface area contributed by atoms with Crippen molar-refractivity contribution in [3.05, 3.63) is 59.2 Å². The number of guanidine groups is 1. The van der Waals surface area contributed by atoms with E-state index in [0.29, 0.717) is 19.1 Å². The van der Waals surface area contributed by atoms with Gasteiger partial charge in [-0.25, -0.2) is 0 Å². The smallest absolute Gasteiger partial charge is 0.246 e. The first-order chi connectivity index (χ1) is 15.6. The molecule has 0 bridgehead atoms. The van der Waals surface area contributed by atoms with E-state index in [2.05, 4.69) is 46.8 Å². The van der Waals surface area contributed by atoms with Gasteiger partial charge in [0.05, 0.1) is 19.8 Å². The van der Waals surface area contributed by atoms with Crippen molar-refractivity contribution in [3.63, 3.8) is 0 Å². The number of hydrogen-bond acceptors (Lipinski definition) is 4. The lowest BCUT2D eigenvalue weighted by atomic mass is 10.0. The molecule has 0 aliphatic carbocycles. The Morgan fingerprint density at radius 2 is 2.09 bits per heavy atom. The number of rotatable bonds is 6. The minimum absolute atomic E-state index is 0. The Hall–Kier alpha value is -2.33. The maximum atomic E-state index is 12.9. The molecule has 1 unspecified atom stereocenters. The van der Waals surface area contributed by atoms with Crippen LogP contribution in [0.3, 0.4) is 0 Å². The molecule has 0 spiro atoms. The van der Waals surface area contributed by atoms with Gasteiger partial charge in [0.15, 0.2) is 5.96 Å². The van der Waals surface area contributed by atoms with Crippen LogP contribution in [0.1, 0.15) is 29.5 Å². The minimum Gasteiger partial charge on any atom is -0.488 e. The molecule has 1 atom stereocenters. The standard InChI is InChI=1S/C25H32N4O3.HI/c1-18-9-10-20(23(14-18)32-21-11-13-31-17-21)15-27-25(26-2)28-16-24(30)29-12-5-7-19-6-3-4-8-22(19)29;/h3-4,6,8-10,14,21H,5,7,11-13,15-17H2,1-2H3,(H2,26,27,28);1H. The van der Waals surface area contributed by atoms with Gasteiger partial charge < -0.3 is 25.0 Å². The Morgan fingerprint density at radius 3 is 2.88 bits per heavy atom. The summed E-state index contributed by atoms with van der Waals surface area (Å²) in [7, 11) is 1.71. The number of anilines is 1. The number of amides is 1. The van der Waals surface area contributed by atoms with E-state index in [4.69, 9.17) is 9.47 Å². The number of hydrogen-bond donors (Lipinski definition) is 2. The lowest BCUT2D eigenvalue weighted by molar-refractivity contribution is -0.117. The molecule has 2 N–H and O–H groups in total. The van der Waals surface area contributed by atoms with Gasteiger partial charge in [-0.05, 0) is 43.0 Å². The normalized spacial score (nSPS) is 17.7. The number of ether oxygens (including phenoxy) is 2. The van der Waals surface area contributed by atoms with Crippen molar-refractivity contribution in [2.75, 3.05) is 38.3 Å². The average molecular weight is 564 g/mol. The molecular formula is C25H33IN4O3. The summed E-state index contributed by atoms with van der Waals surface area (Å²) in [5.74, 6) is 1.49. The van der Waals surface area contributed by atoms with Gasteiger partial charge in [-0.3, -0.25) is 9.79 Å². The van der Waals surface area contributed by atoms with Crippen molar-refractivity contribution in [3.8, 4) is 5.75 Å². The fraction of sp³-hybridized carbons (Fsp3) is 0.440. The third-order valence-electron chi connectivity index (χ3n) is 5.89. The van der Waals surface area contributed by atoms with E-state index >= 15 is 0 Å². The minimum atomic E-state index is 0. The first-order valence-corrected chi connectivity index (χ1v) is 11.3. The van der Waals surface area contributed by atoms with Crippen LogP contribution in [0.15, 0.2) is 47.5 Å². The van der Waals surface area contributed by atoms with Crippen LogP contribution in [-0.4, -0.2) is 51.3 Å². The molecule has 0 saturated carbocycles. The van der Waals surface area contributed by atoms with Gasteiger partial charge in [0.1, 0.15) is 11.9 Å². The molecule has 4 rings (SSSR count). The largest absolute Gasteiger partial charge is 0.488 e. The van der Waals surface area contributed by atoms with Crippen LogP contribution in [0.4, 0.5) is 5.69 Å². The topological polar surface area (TPSA) is 75.2 Å². The van der Waals surface area contributed by atoms with Crippen molar-refractivity contribution in [2.24, 2.45) is 4.99 Å². The Kier molecular flexibility index (Phi) is 9.37. The summed E-state index contributed by atoms with van der Waals surface area (Å²) in [5.41, 5.74) is 4.44. The summed E-state index contributed by atoms with van der Waals surface area (Å²) in [6, 6.07) is 14.3. The molecule has 2 aliphatic rings. The first kappa shape index (κ1) is 25.3. The molecular weight excluding hydrogens is 531 g/mol. The molecule has 1 fully saturated rings. The van der Waals surface area contributed by atoms with Crippen LogP contribution >= 0.6 is 24.0 Å². The number of aliphatic imine (C=N–C) groups is 1. The van der Waals surface area contributed by atoms with Crippen LogP contribution in [-0.2, 0) is 22.5 Å². The van der Waals surface area contributed by atoms with E-state index in [1.807, 2.05) is 23.1 Å². The van der Waals surface area contributed by atoms with Crippen molar-refractivity contribution < 1.29 is 14.3 Å². The van der Waals surface area contributed by atoms with Gasteiger partial charge in [0.25, 0.3) is 0 Å². The summed E-state index contributed by atoms with van der Waals surface area (Å²) in [6.07, 6.45) is 3.01. The molecule has 2 aromatic carbocycles. The molecule has 1 amide bonds. The van der Waals surface area contributed by atoms with Gasteiger partial charge in [0, 0.05) is 37.8 Å². The monoisotopic (exact) mass is 564 g/mol. The van der Waals surface area contributed by atoms with Crippen molar-refractivity contribution in [2.45, 2.75) is 38.8 Å². The second-order valence-electron chi connectivity index (χ2n) is 8.27. The number of para-hydroxylation sites is 1. The molecule has 8 heteroatoms. The predicted octanol–water partition coefficient (Wildman–Crippen LogP) is 3.43. The predicted molar refractivity (Wildman–Crippen MR) is 142 cm³/mol. The highest BCUT2D eigenvalue weighted by Gasteiger charge is 2.22. The summed E-state index contributed by atoms with van der Waals surface area (Å²) >= 11 is 0. The Labute approximate surface area is 213 Å². The van der Waals surface area contributed by atoms with Gasteiger partial charge in [0.2, 0.25) is 5.91 Å². The van der Waals surface area contributed by atoms with Crippen LogP contribution in [0.25, 0.3) is 0 Å². The van der Waals surface area contributed by atoms with Crippen LogP contribution in [0.2, 0.25) is 0 Å². The number of nitrogens with one attached hydrogen (secondary N) is 2. The maximum Gasteiger partial charge on any atom is 0.246 e. The fourth-order valence-corrected chi connectivity index (χ4v) is 4.15. The van der Waals surface area contributed by atoms with Crippen molar-refractivity contribution in [1.82, 2.24) is 10.6 Å². The van der Waals surface area contributed by atoms with E-state index in [0.717, 1.165) is 55.0 Å². The lowest BCUT2D eigenvalue weighted by Gasteiger charge is -2.29. The highest BCUT2D eigenvalue weighted by molar-refractivity contribution is 14.0. The van der Waals surface area contributed by atoms with E-state index in [9.17, 15) is 4.79 Å². The van der Waals surface area contributed by atoms with E-state index in [1.165, 1.54) is 5.56 Å². The molecule has 1 saturated heterocycles. The average Bonchev–Trinajstić information content (AvgIpc) is 3.33. The van der Waals surface area contributed by atoms with Gasteiger partial charge in [-0.15, -0.1) is 24.0 Å². The Morgan fingerprint density at radius 1 is 1.24 bits per heavy atom. The van der Waals surface area contributed by atoms with Crippen molar-refractivity contribution >= 4 is 41.5 Å². The summed E-state index contributed by atoms with van der Waals surface area (Å²) in [5, 5.41) is 6.46. The number of aryl methyl sites for hydroxylation is 2. The molecule has 0 aromatic heterocycles. The quantitative estimate of drug-likeness (QED) is 0.320. The number of halogens is 1. The molecule has 0 radical (unpaired) electrons. The summed E-state index contributed by atoms with van der Waals surface area (Å²) < 4.78 is 11.6. The Bertz CT molecular complexity index is 976. The second-order valence-corrected chi connectivity index (χ2v) is 8.27. The van der Waals surface area contributed by atoms with Crippen LogP contribution < -0.4 is 20.3 Å². The number of carbonyl (C=O) groups is 1. The zero-order valence-electron chi connectivity index (χ0n) is 19.3. The SMILES string of the molecule is CN=C(NCC(=O)N1CCCc2ccccc21)NCc1ccc(C)cc1OC1CCOC1.I. The highest BCUT2D eigenvalue weighted by atomic mass is 127. The third kappa shape index (κ3) is 6.60.